The molecule has 1 heterocycles. The Morgan fingerprint density at radius 2 is 1.79 bits per heavy atom. The molecule has 6 heteroatoms. The van der Waals surface area contributed by atoms with Gasteiger partial charge in [0.1, 0.15) is 15.2 Å². The van der Waals surface area contributed by atoms with E-state index in [1.165, 1.54) is 12.1 Å². The number of para-hydroxylation sites is 1. The van der Waals surface area contributed by atoms with Crippen LogP contribution in [0.3, 0.4) is 0 Å². The third-order valence-corrected chi connectivity index (χ3v) is 5.51. The van der Waals surface area contributed by atoms with Gasteiger partial charge in [0.25, 0.3) is 10.0 Å². The molecule has 2 aromatic rings. The number of hydrogen-bond donors (Lipinski definition) is 1. The lowest BCUT2D eigenvalue weighted by Crippen LogP contribution is -2.13. The number of nitrogens with zero attached hydrogens (tertiary/aromatic N) is 1. The maximum Gasteiger partial charge on any atom is 0.271 e. The summed E-state index contributed by atoms with van der Waals surface area (Å²) in [7, 11) is -3.63. The summed E-state index contributed by atoms with van der Waals surface area (Å²) in [6.45, 7) is 3.69. The highest BCUT2D eigenvalue weighted by atomic mass is 32.2. The van der Waals surface area contributed by atoms with Gasteiger partial charge < -0.3 is 0 Å². The monoisotopic (exact) mass is 292 g/mol. The van der Waals surface area contributed by atoms with Gasteiger partial charge in [-0.05, 0) is 37.1 Å². The molecule has 2 rings (SSSR count). The molecule has 98 valence electrons. The molecular formula is C13H12N2O2S2. The van der Waals surface area contributed by atoms with Crippen LogP contribution in [0.4, 0.5) is 5.69 Å². The van der Waals surface area contributed by atoms with Crippen LogP contribution < -0.4 is 4.72 Å². The first kappa shape index (κ1) is 13.6. The van der Waals surface area contributed by atoms with Gasteiger partial charge in [-0.25, -0.2) is 8.42 Å². The van der Waals surface area contributed by atoms with Crippen LogP contribution in [0.5, 0.6) is 0 Å². The maximum absolute atomic E-state index is 12.2. The van der Waals surface area contributed by atoms with Crippen molar-refractivity contribution in [3.8, 4) is 6.07 Å². The quantitative estimate of drug-likeness (QED) is 0.945. The lowest BCUT2D eigenvalue weighted by Gasteiger charge is -2.11. The number of rotatable bonds is 3. The summed E-state index contributed by atoms with van der Waals surface area (Å²) in [4.78, 5) is 0.377. The number of sulfonamides is 1. The van der Waals surface area contributed by atoms with Crippen LogP contribution in [0.15, 0.2) is 34.5 Å². The van der Waals surface area contributed by atoms with E-state index in [0.29, 0.717) is 10.6 Å². The number of nitrogens with one attached hydrogen (secondary N) is 1. The minimum atomic E-state index is -3.63. The number of benzene rings is 1. The summed E-state index contributed by atoms with van der Waals surface area (Å²) in [5.41, 5.74) is 2.32. The standard InChI is InChI=1S/C13H12N2O2S2/c1-9-4-3-5-10(2)13(9)15-19(16,17)12-7-6-11(8-14)18-12/h3-7,15H,1-2H3. The number of thiophene rings is 1. The zero-order valence-electron chi connectivity index (χ0n) is 10.5. The van der Waals surface area contributed by atoms with E-state index < -0.39 is 10.0 Å². The topological polar surface area (TPSA) is 70.0 Å². The number of anilines is 1. The Kier molecular flexibility index (Phi) is 3.60. The largest absolute Gasteiger partial charge is 0.278 e. The fourth-order valence-corrected chi connectivity index (χ4v) is 3.99. The molecule has 0 atom stereocenters. The molecule has 1 aromatic carbocycles. The van der Waals surface area contributed by atoms with Gasteiger partial charge in [-0.15, -0.1) is 11.3 Å². The van der Waals surface area contributed by atoms with Gasteiger partial charge in [0.05, 0.1) is 5.69 Å². The summed E-state index contributed by atoms with van der Waals surface area (Å²) in [6, 6.07) is 10.5. The van der Waals surface area contributed by atoms with Crippen molar-refractivity contribution in [1.29, 1.82) is 5.26 Å². The highest BCUT2D eigenvalue weighted by Crippen LogP contribution is 2.26. The van der Waals surface area contributed by atoms with E-state index in [2.05, 4.69) is 4.72 Å². The van der Waals surface area contributed by atoms with E-state index in [4.69, 9.17) is 5.26 Å². The zero-order chi connectivity index (χ0) is 14.0. The van der Waals surface area contributed by atoms with Gasteiger partial charge in [0.15, 0.2) is 0 Å². The molecule has 0 aliphatic carbocycles. The van der Waals surface area contributed by atoms with Crippen molar-refractivity contribution in [3.63, 3.8) is 0 Å². The zero-order valence-corrected chi connectivity index (χ0v) is 12.1. The Morgan fingerprint density at radius 3 is 2.32 bits per heavy atom. The van der Waals surface area contributed by atoms with E-state index in [1.807, 2.05) is 38.1 Å². The van der Waals surface area contributed by atoms with Crippen LogP contribution in [-0.2, 0) is 10.0 Å². The molecule has 0 amide bonds. The van der Waals surface area contributed by atoms with Crippen molar-refractivity contribution in [3.05, 3.63) is 46.3 Å². The minimum Gasteiger partial charge on any atom is -0.278 e. The van der Waals surface area contributed by atoms with Crippen molar-refractivity contribution in [2.24, 2.45) is 0 Å². The highest BCUT2D eigenvalue weighted by Gasteiger charge is 2.18. The Morgan fingerprint density at radius 1 is 1.16 bits per heavy atom. The van der Waals surface area contributed by atoms with Crippen LogP contribution in [0.2, 0.25) is 0 Å². The predicted octanol–water partition coefficient (Wildman–Crippen LogP) is 3.04. The molecule has 1 aromatic heterocycles. The van der Waals surface area contributed by atoms with Crippen LogP contribution in [0.25, 0.3) is 0 Å². The lowest BCUT2D eigenvalue weighted by atomic mass is 10.1. The lowest BCUT2D eigenvalue weighted by molar-refractivity contribution is 0.603. The number of nitriles is 1. The summed E-state index contributed by atoms with van der Waals surface area (Å²) < 4.78 is 27.2. The van der Waals surface area contributed by atoms with E-state index in [0.717, 1.165) is 22.5 Å². The Bertz CT molecular complexity index is 735. The van der Waals surface area contributed by atoms with Gasteiger partial charge in [-0.1, -0.05) is 18.2 Å². The molecule has 1 N–H and O–H groups in total. The summed E-state index contributed by atoms with van der Waals surface area (Å²) >= 11 is 0.959. The van der Waals surface area contributed by atoms with E-state index in [9.17, 15) is 8.42 Å². The van der Waals surface area contributed by atoms with Crippen LogP contribution >= 0.6 is 11.3 Å². The second-order valence-corrected chi connectivity index (χ2v) is 7.10. The van der Waals surface area contributed by atoms with Gasteiger partial charge >= 0.3 is 0 Å². The molecule has 19 heavy (non-hydrogen) atoms. The molecule has 0 radical (unpaired) electrons. The third kappa shape index (κ3) is 2.78. The average Bonchev–Trinajstić information content (AvgIpc) is 2.83. The molecule has 0 fully saturated rings. The Labute approximate surface area is 116 Å². The van der Waals surface area contributed by atoms with Crippen molar-refractivity contribution >= 4 is 27.0 Å². The predicted molar refractivity (Wildman–Crippen MR) is 75.8 cm³/mol. The number of hydrogen-bond acceptors (Lipinski definition) is 4. The van der Waals surface area contributed by atoms with E-state index in [-0.39, 0.29) is 4.21 Å². The SMILES string of the molecule is Cc1cccc(C)c1NS(=O)(=O)c1ccc(C#N)s1. The fraction of sp³-hybridized carbons (Fsp3) is 0.154. The third-order valence-electron chi connectivity index (χ3n) is 2.67. The first-order valence-electron chi connectivity index (χ1n) is 5.53. The van der Waals surface area contributed by atoms with Gasteiger partial charge in [0.2, 0.25) is 0 Å². The van der Waals surface area contributed by atoms with E-state index >= 15 is 0 Å². The summed E-state index contributed by atoms with van der Waals surface area (Å²) in [5, 5.41) is 8.74. The summed E-state index contributed by atoms with van der Waals surface area (Å²) in [6.07, 6.45) is 0. The molecule has 0 saturated heterocycles. The molecular weight excluding hydrogens is 280 g/mol. The van der Waals surface area contributed by atoms with Crippen molar-refractivity contribution in [2.75, 3.05) is 4.72 Å². The first-order valence-corrected chi connectivity index (χ1v) is 7.83. The van der Waals surface area contributed by atoms with Gasteiger partial charge in [-0.2, -0.15) is 5.26 Å². The molecule has 0 saturated carbocycles. The van der Waals surface area contributed by atoms with Crippen LogP contribution in [-0.4, -0.2) is 8.42 Å². The minimum absolute atomic E-state index is 0.145. The van der Waals surface area contributed by atoms with Gasteiger partial charge in [0, 0.05) is 0 Å². The summed E-state index contributed by atoms with van der Waals surface area (Å²) in [5.74, 6) is 0. The van der Waals surface area contributed by atoms with Crippen molar-refractivity contribution < 1.29 is 8.42 Å². The van der Waals surface area contributed by atoms with E-state index in [1.54, 1.807) is 0 Å². The highest BCUT2D eigenvalue weighted by molar-refractivity contribution is 7.94. The smallest absolute Gasteiger partial charge is 0.271 e. The Hall–Kier alpha value is -1.84. The Balaban J connectivity index is 2.40. The second-order valence-electron chi connectivity index (χ2n) is 4.10. The van der Waals surface area contributed by atoms with Crippen LogP contribution in [0, 0.1) is 25.2 Å². The second kappa shape index (κ2) is 5.03. The maximum atomic E-state index is 12.2. The number of aryl methyl sites for hydroxylation is 2. The molecule has 0 aliphatic heterocycles. The van der Waals surface area contributed by atoms with Crippen molar-refractivity contribution in [2.45, 2.75) is 18.1 Å². The molecule has 0 spiro atoms. The average molecular weight is 292 g/mol. The molecule has 0 unspecified atom stereocenters. The van der Waals surface area contributed by atoms with Gasteiger partial charge in [-0.3, -0.25) is 4.72 Å². The molecule has 0 aliphatic rings. The fourth-order valence-electron chi connectivity index (χ4n) is 1.68. The van der Waals surface area contributed by atoms with Crippen LogP contribution in [0.1, 0.15) is 16.0 Å². The molecule has 4 nitrogen and oxygen atoms in total. The van der Waals surface area contributed by atoms with Crippen molar-refractivity contribution in [1.82, 2.24) is 0 Å². The molecule has 0 bridgehead atoms. The normalized spacial score (nSPS) is 11.0. The first-order chi connectivity index (χ1) is 8.94.